The quantitative estimate of drug-likeness (QED) is 0.730. The maximum Gasteiger partial charge on any atom is 0.421 e. The van der Waals surface area contributed by atoms with Crippen molar-refractivity contribution >= 4 is 0 Å². The van der Waals surface area contributed by atoms with Crippen LogP contribution in [0.5, 0.6) is 5.75 Å². The van der Waals surface area contributed by atoms with E-state index in [1.807, 2.05) is 0 Å². The summed E-state index contributed by atoms with van der Waals surface area (Å²) in [5, 5.41) is 8.51. The van der Waals surface area contributed by atoms with Crippen molar-refractivity contribution in [2.24, 2.45) is 0 Å². The molecule has 18 heavy (non-hydrogen) atoms. The number of hydrogen-bond acceptors (Lipinski definition) is 2. The summed E-state index contributed by atoms with van der Waals surface area (Å²) in [6.45, 7) is 0. The molecule has 0 spiro atoms. The van der Waals surface area contributed by atoms with Gasteiger partial charge in [0.15, 0.2) is 0 Å². The highest BCUT2D eigenvalue weighted by Crippen LogP contribution is 2.45. The van der Waals surface area contributed by atoms with E-state index in [0.29, 0.717) is 19.2 Å². The van der Waals surface area contributed by atoms with Crippen molar-refractivity contribution in [3.8, 4) is 11.8 Å². The topological polar surface area (TPSA) is 33.0 Å². The normalized spacial score (nSPS) is 12.1. The molecule has 0 aliphatic rings. The van der Waals surface area contributed by atoms with Crippen molar-refractivity contribution in [1.82, 2.24) is 0 Å². The van der Waals surface area contributed by atoms with Gasteiger partial charge in [-0.15, -0.1) is 0 Å². The van der Waals surface area contributed by atoms with Gasteiger partial charge in [-0.1, -0.05) is 0 Å². The highest BCUT2D eigenvalue weighted by Gasteiger charge is 2.43. The van der Waals surface area contributed by atoms with Crippen molar-refractivity contribution in [3.63, 3.8) is 0 Å². The number of nitrogens with zero attached hydrogens (tertiary/aromatic N) is 1. The number of methoxy groups -OCH3 is 1. The van der Waals surface area contributed by atoms with E-state index in [0.717, 1.165) is 0 Å². The molecule has 0 aliphatic heterocycles. The molecule has 0 heterocycles. The van der Waals surface area contributed by atoms with Gasteiger partial charge in [-0.05, 0) is 12.1 Å². The Balaban J connectivity index is 3.71. The average Bonchev–Trinajstić information content (AvgIpc) is 2.24. The smallest absolute Gasteiger partial charge is 0.421 e. The summed E-state index contributed by atoms with van der Waals surface area (Å²) < 4.78 is 79.7. The number of halogens is 6. The van der Waals surface area contributed by atoms with Gasteiger partial charge in [0.05, 0.1) is 24.3 Å². The molecule has 1 aromatic rings. The van der Waals surface area contributed by atoms with Gasteiger partial charge in [-0.2, -0.15) is 31.6 Å². The molecule has 0 radical (unpaired) electrons. The third kappa shape index (κ3) is 2.50. The third-order valence-corrected chi connectivity index (χ3v) is 2.07. The van der Waals surface area contributed by atoms with Crippen molar-refractivity contribution in [2.45, 2.75) is 12.4 Å². The van der Waals surface area contributed by atoms with Crippen LogP contribution in [-0.4, -0.2) is 7.11 Å². The molecule has 0 unspecified atom stereocenters. The molecule has 0 bridgehead atoms. The Morgan fingerprint density at radius 2 is 1.61 bits per heavy atom. The number of hydrogen-bond donors (Lipinski definition) is 0. The van der Waals surface area contributed by atoms with Gasteiger partial charge in [0.2, 0.25) is 0 Å². The summed E-state index contributed by atoms with van der Waals surface area (Å²) in [7, 11) is 0.682. The van der Waals surface area contributed by atoms with Crippen molar-refractivity contribution in [2.75, 3.05) is 7.11 Å². The molecule has 0 aromatic heterocycles. The molecular weight excluding hydrogens is 264 g/mol. The maximum absolute atomic E-state index is 12.7. The van der Waals surface area contributed by atoms with Crippen LogP contribution in [0.2, 0.25) is 0 Å². The van der Waals surface area contributed by atoms with Crippen LogP contribution in [0.25, 0.3) is 0 Å². The number of benzene rings is 1. The van der Waals surface area contributed by atoms with E-state index in [1.165, 1.54) is 6.07 Å². The molecule has 0 saturated carbocycles. The van der Waals surface area contributed by atoms with E-state index in [2.05, 4.69) is 4.74 Å². The predicted molar refractivity (Wildman–Crippen MR) is 47.7 cm³/mol. The molecule has 1 aromatic carbocycles. The van der Waals surface area contributed by atoms with Crippen LogP contribution >= 0.6 is 0 Å². The first-order chi connectivity index (χ1) is 8.12. The summed E-state index contributed by atoms with van der Waals surface area (Å²) in [6, 6.07) is 2.04. The minimum atomic E-state index is -5.11. The number of alkyl halides is 6. The van der Waals surface area contributed by atoms with E-state index in [9.17, 15) is 26.3 Å². The zero-order chi connectivity index (χ0) is 14.1. The summed E-state index contributed by atoms with van der Waals surface area (Å²) in [6.07, 6.45) is -10.1. The highest BCUT2D eigenvalue weighted by molar-refractivity contribution is 5.53. The lowest BCUT2D eigenvalue weighted by molar-refractivity contribution is -0.145. The summed E-state index contributed by atoms with van der Waals surface area (Å²) in [4.78, 5) is 0. The van der Waals surface area contributed by atoms with Crippen LogP contribution in [0, 0.1) is 11.3 Å². The Morgan fingerprint density at radius 1 is 1.06 bits per heavy atom. The van der Waals surface area contributed by atoms with Crippen LogP contribution in [0.1, 0.15) is 16.7 Å². The molecule has 0 fully saturated rings. The van der Waals surface area contributed by atoms with Gasteiger partial charge in [-0.25, -0.2) is 0 Å². The Morgan fingerprint density at radius 3 is 1.94 bits per heavy atom. The van der Waals surface area contributed by atoms with Gasteiger partial charge < -0.3 is 4.74 Å². The van der Waals surface area contributed by atoms with Crippen LogP contribution in [0.3, 0.4) is 0 Å². The Bertz CT molecular complexity index is 497. The van der Waals surface area contributed by atoms with E-state index < -0.39 is 34.8 Å². The largest absolute Gasteiger partial charge is 0.495 e. The molecule has 98 valence electrons. The fourth-order valence-electron chi connectivity index (χ4n) is 1.39. The van der Waals surface area contributed by atoms with Crippen molar-refractivity contribution in [1.29, 1.82) is 5.26 Å². The lowest BCUT2D eigenvalue weighted by atomic mass is 10.0. The minimum Gasteiger partial charge on any atom is -0.495 e. The third-order valence-electron chi connectivity index (χ3n) is 2.07. The Kier molecular flexibility index (Phi) is 3.46. The fraction of sp³-hybridized carbons (Fsp3) is 0.300. The first-order valence-corrected chi connectivity index (χ1v) is 4.38. The second kappa shape index (κ2) is 4.40. The van der Waals surface area contributed by atoms with Crippen LogP contribution in [-0.2, 0) is 12.4 Å². The molecule has 0 N–H and O–H groups in total. The van der Waals surface area contributed by atoms with Crippen LogP contribution in [0.4, 0.5) is 26.3 Å². The van der Waals surface area contributed by atoms with E-state index in [-0.39, 0.29) is 0 Å². The zero-order valence-corrected chi connectivity index (χ0v) is 8.78. The Hall–Kier alpha value is -1.91. The number of rotatable bonds is 1. The molecule has 1 rings (SSSR count). The second-order valence-corrected chi connectivity index (χ2v) is 3.18. The maximum atomic E-state index is 12.7. The average molecular weight is 269 g/mol. The van der Waals surface area contributed by atoms with Crippen molar-refractivity contribution < 1.29 is 31.1 Å². The van der Waals surface area contributed by atoms with E-state index >= 15 is 0 Å². The monoisotopic (exact) mass is 269 g/mol. The van der Waals surface area contributed by atoms with Crippen LogP contribution in [0.15, 0.2) is 12.1 Å². The lowest BCUT2D eigenvalue weighted by Crippen LogP contribution is -2.15. The highest BCUT2D eigenvalue weighted by atomic mass is 19.4. The molecular formula is C10H5F6NO. The molecule has 2 nitrogen and oxygen atoms in total. The summed E-state index contributed by atoms with van der Waals surface area (Å²) in [5.41, 5.74) is -4.22. The molecule has 0 atom stereocenters. The van der Waals surface area contributed by atoms with Gasteiger partial charge in [0.25, 0.3) is 0 Å². The second-order valence-electron chi connectivity index (χ2n) is 3.18. The van der Waals surface area contributed by atoms with Gasteiger partial charge in [0, 0.05) is 0 Å². The number of nitriles is 1. The molecule has 0 amide bonds. The van der Waals surface area contributed by atoms with E-state index in [4.69, 9.17) is 5.26 Å². The van der Waals surface area contributed by atoms with Gasteiger partial charge in [0.1, 0.15) is 11.3 Å². The zero-order valence-electron chi connectivity index (χ0n) is 8.78. The minimum absolute atomic E-state index is 0.382. The summed E-state index contributed by atoms with van der Waals surface area (Å²) in [5.74, 6) is -1.39. The van der Waals surface area contributed by atoms with E-state index in [1.54, 1.807) is 0 Å². The van der Waals surface area contributed by atoms with Gasteiger partial charge >= 0.3 is 12.4 Å². The van der Waals surface area contributed by atoms with Gasteiger partial charge in [-0.3, -0.25) is 0 Å². The first kappa shape index (κ1) is 14.2. The predicted octanol–water partition coefficient (Wildman–Crippen LogP) is 3.60. The SMILES string of the molecule is COc1c(C(F)(F)F)ccc(C#N)c1C(F)(F)F. The molecule has 0 saturated heterocycles. The fourth-order valence-corrected chi connectivity index (χ4v) is 1.39. The Labute approximate surface area is 97.4 Å². The molecule has 0 aliphatic carbocycles. The van der Waals surface area contributed by atoms with Crippen LogP contribution < -0.4 is 4.74 Å². The summed E-state index contributed by atoms with van der Waals surface area (Å²) >= 11 is 0. The lowest BCUT2D eigenvalue weighted by Gasteiger charge is -2.18. The first-order valence-electron chi connectivity index (χ1n) is 4.38. The standard InChI is InChI=1S/C10H5F6NO/c1-18-8-6(9(11,12)13)3-2-5(4-17)7(8)10(14,15)16/h2-3H,1H3. The van der Waals surface area contributed by atoms with Crippen molar-refractivity contribution in [3.05, 3.63) is 28.8 Å². The molecule has 8 heteroatoms. The number of ether oxygens (including phenoxy) is 1.